The number of anilines is 1. The molecule has 1 amide bonds. The minimum Gasteiger partial charge on any atom is -0.309 e. The number of carbonyl (C=O) groups excluding carboxylic acids is 1. The van der Waals surface area contributed by atoms with Crippen molar-refractivity contribution in [1.29, 1.82) is 0 Å². The summed E-state index contributed by atoms with van der Waals surface area (Å²) in [5.41, 5.74) is 1.35. The van der Waals surface area contributed by atoms with Crippen molar-refractivity contribution in [2.75, 3.05) is 11.1 Å². The summed E-state index contributed by atoms with van der Waals surface area (Å²) in [6, 6.07) is 1.54. The third-order valence-corrected chi connectivity index (χ3v) is 6.56. The molecule has 0 saturated heterocycles. The van der Waals surface area contributed by atoms with Gasteiger partial charge in [0.25, 0.3) is 0 Å². The second-order valence-electron chi connectivity index (χ2n) is 5.54. The van der Waals surface area contributed by atoms with E-state index in [1.807, 2.05) is 0 Å². The van der Waals surface area contributed by atoms with Crippen LogP contribution in [-0.4, -0.2) is 26.6 Å². The molecule has 0 bridgehead atoms. The van der Waals surface area contributed by atoms with Gasteiger partial charge < -0.3 is 5.32 Å². The van der Waals surface area contributed by atoms with Crippen LogP contribution < -0.4 is 5.32 Å². The van der Waals surface area contributed by atoms with Gasteiger partial charge in [-0.2, -0.15) is 0 Å². The van der Waals surface area contributed by atoms with Crippen molar-refractivity contribution in [2.45, 2.75) is 24.3 Å². The predicted molar refractivity (Wildman–Crippen MR) is 103 cm³/mol. The third kappa shape index (κ3) is 3.46. The van der Waals surface area contributed by atoms with Crippen molar-refractivity contribution in [3.05, 3.63) is 39.1 Å². The largest absolute Gasteiger partial charge is 0.309 e. The highest BCUT2D eigenvalue weighted by Crippen LogP contribution is 2.40. The molecule has 1 aliphatic rings. The minimum atomic E-state index is -0.194. The standard InChI is InChI=1S/C16H12Cl2N4OS2/c17-8-4-10(18)14(19-5-8)22-12(23)6-24-15-13-9-2-1-3-11(9)25-16(13)21-7-20-15/h4-5,7H,1-3,6H2,(H,19,22,23). The van der Waals surface area contributed by atoms with Gasteiger partial charge in [-0.15, -0.1) is 11.3 Å². The van der Waals surface area contributed by atoms with Gasteiger partial charge in [0.05, 0.1) is 15.8 Å². The van der Waals surface area contributed by atoms with Gasteiger partial charge >= 0.3 is 0 Å². The van der Waals surface area contributed by atoms with Gasteiger partial charge in [0.1, 0.15) is 16.2 Å². The number of amides is 1. The van der Waals surface area contributed by atoms with Crippen LogP contribution in [0.4, 0.5) is 5.82 Å². The van der Waals surface area contributed by atoms with Crippen molar-refractivity contribution in [1.82, 2.24) is 15.0 Å². The maximum absolute atomic E-state index is 12.2. The van der Waals surface area contributed by atoms with Crippen LogP contribution in [0.1, 0.15) is 16.9 Å². The van der Waals surface area contributed by atoms with Gasteiger partial charge in [-0.1, -0.05) is 35.0 Å². The summed E-state index contributed by atoms with van der Waals surface area (Å²) >= 11 is 15.0. The SMILES string of the molecule is O=C(CSc1ncnc2sc3c(c12)CCC3)Nc1ncc(Cl)cc1Cl. The topological polar surface area (TPSA) is 67.8 Å². The summed E-state index contributed by atoms with van der Waals surface area (Å²) in [6.07, 6.45) is 6.36. The van der Waals surface area contributed by atoms with Gasteiger partial charge in [-0.3, -0.25) is 4.79 Å². The fourth-order valence-corrected chi connectivity index (χ4v) is 5.36. The van der Waals surface area contributed by atoms with Crippen LogP contribution in [0.5, 0.6) is 0 Å². The lowest BCUT2D eigenvalue weighted by atomic mass is 10.2. The molecule has 3 heterocycles. The number of hydrogen-bond donors (Lipinski definition) is 1. The summed E-state index contributed by atoms with van der Waals surface area (Å²) in [7, 11) is 0. The van der Waals surface area contributed by atoms with Crippen LogP contribution in [0.15, 0.2) is 23.6 Å². The maximum Gasteiger partial charge on any atom is 0.235 e. The Hall–Kier alpha value is -1.41. The first-order valence-electron chi connectivity index (χ1n) is 7.61. The van der Waals surface area contributed by atoms with Gasteiger partial charge in [-0.05, 0) is 30.9 Å². The molecule has 0 unspecified atom stereocenters. The summed E-state index contributed by atoms with van der Waals surface area (Å²) < 4.78 is 0. The van der Waals surface area contributed by atoms with Crippen molar-refractivity contribution in [3.63, 3.8) is 0 Å². The number of aromatic nitrogens is 3. The highest BCUT2D eigenvalue weighted by atomic mass is 35.5. The number of halogens is 2. The monoisotopic (exact) mass is 410 g/mol. The number of aryl methyl sites for hydroxylation is 2. The van der Waals surface area contributed by atoms with Crippen LogP contribution in [0.3, 0.4) is 0 Å². The first-order valence-corrected chi connectivity index (χ1v) is 10.2. The zero-order valence-corrected chi connectivity index (χ0v) is 16.0. The normalized spacial score (nSPS) is 13.2. The lowest BCUT2D eigenvalue weighted by Crippen LogP contribution is -2.15. The van der Waals surface area contributed by atoms with Crippen LogP contribution in [0.2, 0.25) is 10.0 Å². The van der Waals surface area contributed by atoms with E-state index in [0.29, 0.717) is 15.9 Å². The minimum absolute atomic E-state index is 0.194. The number of nitrogens with zero attached hydrogens (tertiary/aromatic N) is 3. The molecule has 0 saturated carbocycles. The van der Waals surface area contributed by atoms with Gasteiger partial charge in [0.2, 0.25) is 5.91 Å². The first-order chi connectivity index (χ1) is 12.1. The molecule has 3 aromatic rings. The molecule has 4 rings (SSSR count). The van der Waals surface area contributed by atoms with Gasteiger partial charge in [0.15, 0.2) is 5.82 Å². The molecule has 0 spiro atoms. The number of hydrogen-bond acceptors (Lipinski definition) is 6. The van der Waals surface area contributed by atoms with Gasteiger partial charge in [-0.25, -0.2) is 15.0 Å². The predicted octanol–water partition coefficient (Wildman–Crippen LogP) is 4.61. The summed E-state index contributed by atoms with van der Waals surface area (Å²) in [5.74, 6) is 0.332. The van der Waals surface area contributed by atoms with E-state index < -0.39 is 0 Å². The summed E-state index contributed by atoms with van der Waals surface area (Å²) in [5, 5.41) is 5.40. The molecule has 1 N–H and O–H groups in total. The molecular formula is C16H12Cl2N4OS2. The van der Waals surface area contributed by atoms with E-state index in [2.05, 4.69) is 20.3 Å². The fourth-order valence-electron chi connectivity index (χ4n) is 2.82. The smallest absolute Gasteiger partial charge is 0.235 e. The quantitative estimate of drug-likeness (QED) is 0.502. The fraction of sp³-hybridized carbons (Fsp3) is 0.250. The molecule has 0 aromatic carbocycles. The Bertz CT molecular complexity index is 976. The Morgan fingerprint density at radius 1 is 1.28 bits per heavy atom. The van der Waals surface area contributed by atoms with E-state index in [0.717, 1.165) is 28.1 Å². The Balaban J connectivity index is 1.50. The first kappa shape index (κ1) is 17.0. The highest BCUT2D eigenvalue weighted by molar-refractivity contribution is 8.00. The van der Waals surface area contributed by atoms with E-state index in [9.17, 15) is 4.79 Å². The number of rotatable bonds is 4. The van der Waals surface area contributed by atoms with E-state index in [1.54, 1.807) is 23.7 Å². The molecule has 0 atom stereocenters. The maximum atomic E-state index is 12.2. The zero-order chi connectivity index (χ0) is 17.4. The third-order valence-electron chi connectivity index (χ3n) is 3.87. The molecule has 5 nitrogen and oxygen atoms in total. The average molecular weight is 411 g/mol. The van der Waals surface area contributed by atoms with Crippen molar-refractivity contribution in [3.8, 4) is 0 Å². The number of nitrogens with one attached hydrogen (secondary N) is 1. The van der Waals surface area contributed by atoms with E-state index in [1.165, 1.54) is 34.8 Å². The second-order valence-corrected chi connectivity index (χ2v) is 8.43. The Morgan fingerprint density at radius 2 is 2.16 bits per heavy atom. The van der Waals surface area contributed by atoms with Crippen LogP contribution in [0, 0.1) is 0 Å². The van der Waals surface area contributed by atoms with Crippen molar-refractivity contribution < 1.29 is 4.79 Å². The molecule has 0 fully saturated rings. The molecule has 0 aliphatic heterocycles. The lowest BCUT2D eigenvalue weighted by molar-refractivity contribution is -0.113. The number of fused-ring (bicyclic) bond motifs is 3. The lowest BCUT2D eigenvalue weighted by Gasteiger charge is -2.07. The molecule has 25 heavy (non-hydrogen) atoms. The van der Waals surface area contributed by atoms with E-state index in [-0.39, 0.29) is 11.7 Å². The number of thiophene rings is 1. The number of carbonyl (C=O) groups is 1. The number of pyridine rings is 1. The van der Waals surface area contributed by atoms with Crippen molar-refractivity contribution in [2.24, 2.45) is 0 Å². The summed E-state index contributed by atoms with van der Waals surface area (Å²) in [4.78, 5) is 27.4. The Kier molecular flexibility index (Phi) is 4.82. The highest BCUT2D eigenvalue weighted by Gasteiger charge is 2.21. The zero-order valence-electron chi connectivity index (χ0n) is 12.9. The second kappa shape index (κ2) is 7.07. The van der Waals surface area contributed by atoms with Crippen LogP contribution in [-0.2, 0) is 17.6 Å². The molecule has 128 valence electrons. The molecule has 9 heteroatoms. The Morgan fingerprint density at radius 3 is 3.00 bits per heavy atom. The van der Waals surface area contributed by atoms with E-state index in [4.69, 9.17) is 23.2 Å². The number of thioether (sulfide) groups is 1. The molecular weight excluding hydrogens is 399 g/mol. The van der Waals surface area contributed by atoms with E-state index >= 15 is 0 Å². The molecule has 0 radical (unpaired) electrons. The Labute approximate surface area is 162 Å². The van der Waals surface area contributed by atoms with Crippen LogP contribution in [0.25, 0.3) is 10.2 Å². The molecule has 1 aliphatic carbocycles. The van der Waals surface area contributed by atoms with Gasteiger partial charge in [0, 0.05) is 16.5 Å². The van der Waals surface area contributed by atoms with Crippen molar-refractivity contribution >= 4 is 68.2 Å². The molecule has 3 aromatic heterocycles. The average Bonchev–Trinajstić information content (AvgIpc) is 3.16. The summed E-state index contributed by atoms with van der Waals surface area (Å²) in [6.45, 7) is 0. The van der Waals surface area contributed by atoms with Crippen LogP contribution >= 0.6 is 46.3 Å².